The van der Waals surface area contributed by atoms with Gasteiger partial charge in [-0.2, -0.15) is 0 Å². The van der Waals surface area contributed by atoms with Crippen molar-refractivity contribution in [3.8, 4) is 0 Å². The summed E-state index contributed by atoms with van der Waals surface area (Å²) in [5.74, 6) is 0. The molecule has 0 aliphatic heterocycles. The topological polar surface area (TPSA) is 26.0 Å². The lowest BCUT2D eigenvalue weighted by molar-refractivity contribution is 0.271. The van der Waals surface area contributed by atoms with Gasteiger partial charge in [-0.1, -0.05) is 84.0 Å². The molecule has 0 radical (unpaired) electrons. The van der Waals surface area contributed by atoms with Crippen LogP contribution < -0.4 is 5.73 Å². The lowest BCUT2D eigenvalue weighted by atomic mass is 9.81. The number of nitrogens with two attached hydrogens (primary N) is 1. The Hall–Kier alpha value is -0.0400. The molecule has 1 heteroatoms. The van der Waals surface area contributed by atoms with Crippen LogP contribution in [0, 0.1) is 5.41 Å². The molecule has 0 heterocycles. The molecule has 1 nitrogen and oxygen atoms in total. The molecule has 1 fully saturated rings. The highest BCUT2D eigenvalue weighted by molar-refractivity contribution is 4.85. The molecule has 114 valence electrons. The molecule has 0 aromatic heterocycles. The van der Waals surface area contributed by atoms with Crippen molar-refractivity contribution in [1.29, 1.82) is 0 Å². The summed E-state index contributed by atoms with van der Waals surface area (Å²) in [5.41, 5.74) is 6.54. The summed E-state index contributed by atoms with van der Waals surface area (Å²) in [4.78, 5) is 0. The maximum atomic E-state index is 5.99. The number of hydrogen-bond donors (Lipinski definition) is 1. The van der Waals surface area contributed by atoms with Gasteiger partial charge >= 0.3 is 0 Å². The van der Waals surface area contributed by atoms with Crippen molar-refractivity contribution in [1.82, 2.24) is 0 Å². The average Bonchev–Trinajstić information content (AvgIpc) is 2.90. The van der Waals surface area contributed by atoms with E-state index in [-0.39, 0.29) is 0 Å². The molecule has 0 saturated heterocycles. The molecular weight excluding hydrogens is 230 g/mol. The van der Waals surface area contributed by atoms with Crippen LogP contribution in [0.25, 0.3) is 0 Å². The Morgan fingerprint density at radius 3 is 1.68 bits per heavy atom. The van der Waals surface area contributed by atoms with E-state index in [4.69, 9.17) is 5.73 Å². The van der Waals surface area contributed by atoms with Crippen LogP contribution >= 0.6 is 0 Å². The van der Waals surface area contributed by atoms with Gasteiger partial charge in [0.05, 0.1) is 0 Å². The molecule has 0 aromatic rings. The molecule has 1 aliphatic carbocycles. The summed E-state index contributed by atoms with van der Waals surface area (Å²) in [6.45, 7) is 3.23. The molecule has 1 aliphatic rings. The van der Waals surface area contributed by atoms with E-state index in [1.165, 1.54) is 96.3 Å². The van der Waals surface area contributed by atoms with E-state index in [2.05, 4.69) is 6.92 Å². The summed E-state index contributed by atoms with van der Waals surface area (Å²) >= 11 is 0. The van der Waals surface area contributed by atoms with E-state index in [1.807, 2.05) is 0 Å². The smallest absolute Gasteiger partial charge is 0.00205 e. The van der Waals surface area contributed by atoms with Crippen molar-refractivity contribution in [3.63, 3.8) is 0 Å². The fraction of sp³-hybridized carbons (Fsp3) is 1.00. The Morgan fingerprint density at radius 2 is 1.21 bits per heavy atom. The fourth-order valence-corrected chi connectivity index (χ4v) is 3.67. The van der Waals surface area contributed by atoms with E-state index in [9.17, 15) is 0 Å². The van der Waals surface area contributed by atoms with Gasteiger partial charge in [-0.15, -0.1) is 0 Å². The van der Waals surface area contributed by atoms with Crippen LogP contribution in [-0.2, 0) is 0 Å². The summed E-state index contributed by atoms with van der Waals surface area (Å²) in [6, 6.07) is 0. The van der Waals surface area contributed by atoms with Crippen LogP contribution in [0.4, 0.5) is 0 Å². The molecule has 0 aromatic carbocycles. The van der Waals surface area contributed by atoms with Crippen LogP contribution in [0.15, 0.2) is 0 Å². The van der Waals surface area contributed by atoms with Gasteiger partial charge in [-0.05, 0) is 31.2 Å². The number of rotatable bonds is 12. The standard InChI is InChI=1S/C18H37N/c1-2-3-4-5-6-7-8-9-10-11-14-18(17-19)15-12-13-16-18/h2-17,19H2,1H3. The molecular formula is C18H37N. The summed E-state index contributed by atoms with van der Waals surface area (Å²) in [6.07, 6.45) is 21.5. The van der Waals surface area contributed by atoms with Crippen LogP contribution in [-0.4, -0.2) is 6.54 Å². The molecule has 0 spiro atoms. The predicted octanol–water partition coefficient (Wildman–Crippen LogP) is 5.82. The van der Waals surface area contributed by atoms with E-state index in [0.717, 1.165) is 6.54 Å². The first-order valence-corrected chi connectivity index (χ1v) is 9.03. The second kappa shape index (κ2) is 10.7. The van der Waals surface area contributed by atoms with E-state index < -0.39 is 0 Å². The van der Waals surface area contributed by atoms with Crippen molar-refractivity contribution in [2.24, 2.45) is 11.1 Å². The molecule has 0 unspecified atom stereocenters. The first kappa shape index (κ1) is 17.0. The average molecular weight is 268 g/mol. The van der Waals surface area contributed by atoms with Gasteiger partial charge in [0.1, 0.15) is 0 Å². The maximum absolute atomic E-state index is 5.99. The third-order valence-electron chi connectivity index (χ3n) is 5.16. The van der Waals surface area contributed by atoms with E-state index >= 15 is 0 Å². The minimum Gasteiger partial charge on any atom is -0.330 e. The Bertz CT molecular complexity index is 194. The molecule has 0 bridgehead atoms. The van der Waals surface area contributed by atoms with Gasteiger partial charge in [0.25, 0.3) is 0 Å². The van der Waals surface area contributed by atoms with Gasteiger partial charge < -0.3 is 5.73 Å². The second-order valence-electron chi connectivity index (χ2n) is 6.84. The quantitative estimate of drug-likeness (QED) is 0.443. The fourth-order valence-electron chi connectivity index (χ4n) is 3.67. The summed E-state index contributed by atoms with van der Waals surface area (Å²) in [5, 5.41) is 0. The van der Waals surface area contributed by atoms with Crippen LogP contribution in [0.2, 0.25) is 0 Å². The Balaban J connectivity index is 1.85. The van der Waals surface area contributed by atoms with Gasteiger partial charge in [0, 0.05) is 0 Å². The Labute approximate surface area is 121 Å². The second-order valence-corrected chi connectivity index (χ2v) is 6.84. The van der Waals surface area contributed by atoms with E-state index in [1.54, 1.807) is 0 Å². The first-order chi connectivity index (χ1) is 9.33. The molecule has 0 amide bonds. The zero-order chi connectivity index (χ0) is 13.8. The highest BCUT2D eigenvalue weighted by atomic mass is 14.6. The third kappa shape index (κ3) is 7.34. The van der Waals surface area contributed by atoms with Gasteiger partial charge in [-0.25, -0.2) is 0 Å². The minimum atomic E-state index is 0.556. The summed E-state index contributed by atoms with van der Waals surface area (Å²) in [7, 11) is 0. The zero-order valence-electron chi connectivity index (χ0n) is 13.4. The van der Waals surface area contributed by atoms with Crippen molar-refractivity contribution >= 4 is 0 Å². The lowest BCUT2D eigenvalue weighted by Crippen LogP contribution is -2.27. The third-order valence-corrected chi connectivity index (χ3v) is 5.16. The molecule has 0 atom stereocenters. The molecule has 1 rings (SSSR count). The van der Waals surface area contributed by atoms with Crippen molar-refractivity contribution < 1.29 is 0 Å². The van der Waals surface area contributed by atoms with E-state index in [0.29, 0.717) is 5.41 Å². The van der Waals surface area contributed by atoms with Crippen molar-refractivity contribution in [2.45, 2.75) is 103 Å². The number of unbranched alkanes of at least 4 members (excludes halogenated alkanes) is 9. The highest BCUT2D eigenvalue weighted by Crippen LogP contribution is 2.41. The van der Waals surface area contributed by atoms with Crippen molar-refractivity contribution in [3.05, 3.63) is 0 Å². The van der Waals surface area contributed by atoms with Crippen molar-refractivity contribution in [2.75, 3.05) is 6.54 Å². The first-order valence-electron chi connectivity index (χ1n) is 9.03. The Kier molecular flexibility index (Phi) is 9.59. The van der Waals surface area contributed by atoms with Gasteiger partial charge in [0.15, 0.2) is 0 Å². The largest absolute Gasteiger partial charge is 0.330 e. The zero-order valence-corrected chi connectivity index (χ0v) is 13.4. The SMILES string of the molecule is CCCCCCCCCCCCC1(CN)CCCC1. The summed E-state index contributed by atoms with van der Waals surface area (Å²) < 4.78 is 0. The monoisotopic (exact) mass is 267 g/mol. The van der Waals surface area contributed by atoms with Crippen LogP contribution in [0.5, 0.6) is 0 Å². The lowest BCUT2D eigenvalue weighted by Gasteiger charge is -2.27. The molecule has 19 heavy (non-hydrogen) atoms. The minimum absolute atomic E-state index is 0.556. The van der Waals surface area contributed by atoms with Gasteiger partial charge in [0.2, 0.25) is 0 Å². The molecule has 1 saturated carbocycles. The van der Waals surface area contributed by atoms with Crippen LogP contribution in [0.1, 0.15) is 103 Å². The van der Waals surface area contributed by atoms with Crippen LogP contribution in [0.3, 0.4) is 0 Å². The highest BCUT2D eigenvalue weighted by Gasteiger charge is 2.31. The number of hydrogen-bond acceptors (Lipinski definition) is 1. The maximum Gasteiger partial charge on any atom is -0.00205 e. The van der Waals surface area contributed by atoms with Gasteiger partial charge in [-0.3, -0.25) is 0 Å². The normalized spacial score (nSPS) is 18.0. The predicted molar refractivity (Wildman–Crippen MR) is 86.4 cm³/mol. The molecule has 2 N–H and O–H groups in total. The Morgan fingerprint density at radius 1 is 0.737 bits per heavy atom.